The molecule has 15 aromatic rings. The second-order valence-electron chi connectivity index (χ2n) is 35.3. The Morgan fingerprint density at radius 3 is 0.866 bits per heavy atom. The number of para-hydroxylation sites is 5. The zero-order valence-electron chi connectivity index (χ0n) is 77.0. The third-order valence-corrected chi connectivity index (χ3v) is 27.1. The molecule has 0 radical (unpaired) electrons. The molecule has 0 bridgehead atoms. The van der Waals surface area contributed by atoms with Crippen molar-refractivity contribution < 1.29 is 81.5 Å². The predicted octanol–water partition coefficient (Wildman–Crippen LogP) is 12.8. The highest BCUT2D eigenvalue weighted by molar-refractivity contribution is 9.10. The summed E-state index contributed by atoms with van der Waals surface area (Å²) < 4.78 is 41.0. The van der Waals surface area contributed by atoms with E-state index < -0.39 is 60.5 Å². The zero-order chi connectivity index (χ0) is 100. The van der Waals surface area contributed by atoms with Crippen molar-refractivity contribution in [3.8, 4) is 56.3 Å². The molecule has 5 fully saturated rings. The smallest absolute Gasteiger partial charge is 0.245 e. The van der Waals surface area contributed by atoms with Crippen molar-refractivity contribution in [2.45, 2.75) is 139 Å². The minimum atomic E-state index is -0.937. The molecule has 732 valence electrons. The van der Waals surface area contributed by atoms with Crippen molar-refractivity contribution in [1.82, 2.24) is 78.1 Å². The number of carbonyl (C=O) groups excluding carboxylic acids is 10. The van der Waals surface area contributed by atoms with Crippen LogP contribution in [0, 0.1) is 31.3 Å². The Morgan fingerprint density at radius 1 is 0.317 bits per heavy atom. The minimum Gasteiger partial charge on any atom is -0.389 e. The maximum absolute atomic E-state index is 13.4. The topological polar surface area (TPSA) is 451 Å². The summed E-state index contributed by atoms with van der Waals surface area (Å²) in [6, 6.07) is 63.7. The van der Waals surface area contributed by atoms with Gasteiger partial charge >= 0.3 is 0 Å². The Balaban J connectivity index is 0.000000128. The molecule has 35 heteroatoms. The lowest BCUT2D eigenvalue weighted by atomic mass is 10.00. The number of aliphatic hydroxyl groups is 4. The molecule has 5 aliphatic rings. The fourth-order valence-electron chi connectivity index (χ4n) is 18.4. The molecule has 9 atom stereocenters. The number of aromatic amines is 5. The van der Waals surface area contributed by atoms with Gasteiger partial charge in [0.1, 0.15) is 72.1 Å². The molecule has 5 aromatic heterocycles. The van der Waals surface area contributed by atoms with Gasteiger partial charge in [0.05, 0.1) is 26.6 Å². The molecule has 19 N–H and O–H groups in total. The Morgan fingerprint density at radius 2 is 0.577 bits per heavy atom. The van der Waals surface area contributed by atoms with E-state index in [1.165, 1.54) is 36.4 Å². The number of rotatable bonds is 25. The van der Waals surface area contributed by atoms with Crippen LogP contribution in [0.5, 0.6) is 0 Å². The van der Waals surface area contributed by atoms with Gasteiger partial charge < -0.3 is 98.5 Å². The molecule has 0 aliphatic carbocycles. The van der Waals surface area contributed by atoms with Crippen LogP contribution in [0.2, 0.25) is 10.0 Å². The summed E-state index contributed by atoms with van der Waals surface area (Å²) in [5, 5.41) is 71.4. The lowest BCUT2D eigenvalue weighted by Crippen LogP contribution is -2.45. The number of hydrogen-bond acceptors (Lipinski definition) is 14. The summed E-state index contributed by atoms with van der Waals surface area (Å²) in [6.07, 6.45) is 0.260. The first-order valence-corrected chi connectivity index (χ1v) is 48.1. The summed E-state index contributed by atoms with van der Waals surface area (Å²) in [5.74, 6) is -3.88. The number of β-amino-alcohol motifs (C(OH)–C–C–N with tert-alkyl or cyclic N) is 4. The third kappa shape index (κ3) is 23.3. The molecule has 10 heterocycles. The SMILES string of the molecule is Cc1cccc2c(CCC(=O)N[C@@H]3C(=O)NC[C@H]3O)c(-c3ccc(F)cc3)[nH]c12.Cc1cccc2c(CCC(=O)N[C@@H]3C(=O)NC[C@H]3O)c(-c3ccccc3)[nH]c12.O=C(CCc1c(-c2ccc(F)cc2)[nH]c2c(Cl)cccc12)N[C@@H]1C(=O)NC[C@H]1O.O=C(CCc1c(-c2ccc(F)cc2)[nH]c2c(Cl)cccc12)N[C@H]1CCNC1=O.O=C(CCc1c(-c2ccccc2)[nH]c2c(Br)cccc12)N[C@@H]1C(=O)NC[C@H]1O. The van der Waals surface area contributed by atoms with E-state index in [1.54, 1.807) is 48.5 Å². The molecule has 10 aromatic carbocycles. The number of nitrogens with one attached hydrogen (secondary N) is 15. The molecule has 0 saturated carbocycles. The van der Waals surface area contributed by atoms with Gasteiger partial charge in [0.25, 0.3) is 0 Å². The highest BCUT2D eigenvalue weighted by Crippen LogP contribution is 2.41. The maximum Gasteiger partial charge on any atom is 0.245 e. The largest absolute Gasteiger partial charge is 0.389 e. The van der Waals surface area contributed by atoms with E-state index >= 15 is 0 Å². The second-order valence-corrected chi connectivity index (χ2v) is 36.9. The van der Waals surface area contributed by atoms with Gasteiger partial charge in [-0.25, -0.2) is 13.2 Å². The number of carbonyl (C=O) groups is 10. The van der Waals surface area contributed by atoms with Crippen LogP contribution in [0.1, 0.15) is 77.5 Å². The van der Waals surface area contributed by atoms with E-state index in [0.29, 0.717) is 55.1 Å². The van der Waals surface area contributed by atoms with Crippen molar-refractivity contribution >= 4 is 153 Å². The molecule has 0 spiro atoms. The van der Waals surface area contributed by atoms with Crippen molar-refractivity contribution in [2.24, 2.45) is 0 Å². The van der Waals surface area contributed by atoms with Crippen molar-refractivity contribution in [3.63, 3.8) is 0 Å². The highest BCUT2D eigenvalue weighted by atomic mass is 79.9. The zero-order valence-corrected chi connectivity index (χ0v) is 80.1. The van der Waals surface area contributed by atoms with Crippen molar-refractivity contribution in [1.29, 1.82) is 0 Å². The summed E-state index contributed by atoms with van der Waals surface area (Å²) in [6.45, 7) is 5.25. The van der Waals surface area contributed by atoms with Gasteiger partial charge in [-0.05, 0) is 226 Å². The van der Waals surface area contributed by atoms with Crippen LogP contribution in [0.3, 0.4) is 0 Å². The van der Waals surface area contributed by atoms with Gasteiger partial charge in [0.2, 0.25) is 59.1 Å². The quantitative estimate of drug-likeness (QED) is 0.0253. The molecule has 142 heavy (non-hydrogen) atoms. The van der Waals surface area contributed by atoms with Crippen LogP contribution in [-0.4, -0.2) is 192 Å². The van der Waals surface area contributed by atoms with E-state index in [9.17, 15) is 81.5 Å². The fourth-order valence-corrected chi connectivity index (χ4v) is 19.3. The normalized spacial score (nSPS) is 18.4. The average Bonchev–Trinajstić information content (AvgIpc) is 1.63. The monoisotopic (exact) mass is 2030 g/mol. The van der Waals surface area contributed by atoms with Crippen LogP contribution >= 0.6 is 39.1 Å². The number of amides is 10. The summed E-state index contributed by atoms with van der Waals surface area (Å²) >= 11 is 16.2. The number of aliphatic hydroxyl groups excluding tert-OH is 4. The number of aryl methyl sites for hydroxylation is 7. The standard InChI is InChI=1S/C22H22FN3O3.C22H23N3O3.C21H20BrN3O3.C21H19ClFN3O3.C21H19ClFN3O2/c1-12-3-2-4-15-16(9-10-18(28)25-21-17(27)11-24-22(21)29)20(26-19(12)15)13-5-7-14(23)8-6-13;1-13-6-5-9-15-16(20(25-19(13)15)14-7-3-2-4-8-14)10-11-18(27)24-21-17(26)12-23-22(21)28;22-15-8-4-7-13-14(18(25-19(13)15)12-5-2-1-3-6-12)9-10-17(27)24-20-16(26)11-23-21(20)28;22-15-3-1-2-13-14(8-9-17(28)25-20-16(27)10-24-21(20)29)18(26-19(13)15)11-4-6-12(23)7-5-11;22-16-3-1-2-14-15(8-9-18(27)25-17-10-11-24-21(17)28)19(26-20(14)16)12-4-6-13(23)7-5-12/h2-8,17,21,26-27H,9-11H2,1H3,(H,24,29)(H,25,28);2-9,17,21,25-26H,10-12H2,1H3,(H,23,28)(H,24,27);1-8,16,20,25-26H,9-11H2,(H,23,28)(H,24,27);1-7,16,20,26-27H,8-10H2,(H,24,29)(H,25,28);1-7,17,26H,8-11H2,(H,24,28)(H,25,27)/t2*17-,21+;2*16-,20+;17-/m11110/s1. The number of halogens is 6. The van der Waals surface area contributed by atoms with Crippen LogP contribution in [-0.2, 0) is 80.0 Å². The van der Waals surface area contributed by atoms with Crippen LogP contribution in [0.15, 0.2) is 229 Å². The second kappa shape index (κ2) is 45.3. The van der Waals surface area contributed by atoms with Crippen LogP contribution in [0.4, 0.5) is 13.2 Å². The number of H-pyrrole nitrogens is 5. The van der Waals surface area contributed by atoms with Crippen molar-refractivity contribution in [3.05, 3.63) is 295 Å². The average molecular weight is 2030 g/mol. The van der Waals surface area contributed by atoms with E-state index in [-0.39, 0.29) is 129 Å². The fraction of sp³-hybridized carbons (Fsp3) is 0.252. The van der Waals surface area contributed by atoms with Gasteiger partial charge in [0, 0.05) is 136 Å². The number of benzene rings is 10. The summed E-state index contributed by atoms with van der Waals surface area (Å²) in [5.41, 5.74) is 20.7. The molecular formula is C107H103BrCl2F3N15O14. The minimum absolute atomic E-state index is 0.115. The molecule has 20 rings (SSSR count). The van der Waals surface area contributed by atoms with E-state index in [4.69, 9.17) is 23.2 Å². The third-order valence-electron chi connectivity index (χ3n) is 25.8. The molecular weight excluding hydrogens is 1930 g/mol. The first-order valence-electron chi connectivity index (χ1n) is 46.5. The number of hydrogen-bond donors (Lipinski definition) is 19. The van der Waals surface area contributed by atoms with E-state index in [2.05, 4.69) is 113 Å². The molecule has 5 saturated heterocycles. The van der Waals surface area contributed by atoms with Crippen LogP contribution in [0.25, 0.3) is 111 Å². The summed E-state index contributed by atoms with van der Waals surface area (Å²) in [4.78, 5) is 138. The molecule has 29 nitrogen and oxygen atoms in total. The predicted molar refractivity (Wildman–Crippen MR) is 541 cm³/mol. The first-order chi connectivity index (χ1) is 68.5. The Kier molecular flexibility index (Phi) is 32.0. The lowest BCUT2D eigenvalue weighted by Gasteiger charge is -2.13. The van der Waals surface area contributed by atoms with Gasteiger partial charge in [-0.15, -0.1) is 0 Å². The lowest BCUT2D eigenvalue weighted by molar-refractivity contribution is -0.128. The number of aromatic nitrogens is 5. The maximum atomic E-state index is 13.4. The Hall–Kier alpha value is -14.7. The molecule has 5 aliphatic heterocycles. The highest BCUT2D eigenvalue weighted by Gasteiger charge is 2.39. The van der Waals surface area contributed by atoms with Gasteiger partial charge in [-0.2, -0.15) is 0 Å². The first kappa shape index (κ1) is 100. The van der Waals surface area contributed by atoms with E-state index in [0.717, 1.165) is 154 Å². The van der Waals surface area contributed by atoms with Gasteiger partial charge in [-0.1, -0.05) is 157 Å². The summed E-state index contributed by atoms with van der Waals surface area (Å²) in [7, 11) is 0. The van der Waals surface area contributed by atoms with Crippen LogP contribution < -0.4 is 53.2 Å². The van der Waals surface area contributed by atoms with Crippen molar-refractivity contribution in [2.75, 3.05) is 32.7 Å². The molecule has 10 amide bonds. The Labute approximate surface area is 830 Å². The number of fused-ring (bicyclic) bond motifs is 5. The Bertz CT molecular complexity index is 6900. The van der Waals surface area contributed by atoms with Gasteiger partial charge in [-0.3, -0.25) is 47.9 Å². The molecule has 0 unspecified atom stereocenters. The van der Waals surface area contributed by atoms with Gasteiger partial charge in [0.15, 0.2) is 0 Å². The van der Waals surface area contributed by atoms with E-state index in [1.807, 2.05) is 134 Å².